The van der Waals surface area contributed by atoms with Gasteiger partial charge in [0.2, 0.25) is 0 Å². The maximum Gasteiger partial charge on any atom is 0.0240 e. The number of hydrogen-bond donors (Lipinski definition) is 0. The predicted octanol–water partition coefficient (Wildman–Crippen LogP) is 3.40. The van der Waals surface area contributed by atoms with Crippen molar-refractivity contribution in [2.24, 2.45) is 0 Å². The Hall–Kier alpha value is -1.08. The van der Waals surface area contributed by atoms with Gasteiger partial charge < -0.3 is 0 Å². The van der Waals surface area contributed by atoms with E-state index in [0.717, 1.165) is 13.1 Å². The average molecular weight is 215 g/mol. The molecule has 0 unspecified atom stereocenters. The lowest BCUT2D eigenvalue weighted by Gasteiger charge is -2.29. The third kappa shape index (κ3) is 2.53. The highest BCUT2D eigenvalue weighted by atomic mass is 15.1. The van der Waals surface area contributed by atoms with Crippen LogP contribution in [0.1, 0.15) is 31.9 Å². The Labute approximate surface area is 98.8 Å². The van der Waals surface area contributed by atoms with Crippen molar-refractivity contribution in [2.45, 2.75) is 33.7 Å². The first-order chi connectivity index (χ1) is 7.66. The summed E-state index contributed by atoms with van der Waals surface area (Å²) in [7, 11) is 0. The first kappa shape index (κ1) is 11.4. The summed E-state index contributed by atoms with van der Waals surface area (Å²) in [5.74, 6) is 0. The van der Waals surface area contributed by atoms with Gasteiger partial charge in [0.1, 0.15) is 0 Å². The standard InChI is InChI=1S/C15H21N/c1-12(2)13(3)10-16-9-8-14-6-4-5-7-15(14)11-16/h4-7H,8-11H2,1-3H3. The summed E-state index contributed by atoms with van der Waals surface area (Å²) >= 11 is 0. The van der Waals surface area contributed by atoms with E-state index in [1.807, 2.05) is 0 Å². The highest BCUT2D eigenvalue weighted by molar-refractivity contribution is 5.29. The molecule has 2 rings (SSSR count). The van der Waals surface area contributed by atoms with E-state index in [-0.39, 0.29) is 0 Å². The lowest BCUT2D eigenvalue weighted by atomic mass is 9.99. The van der Waals surface area contributed by atoms with Crippen LogP contribution in [0.25, 0.3) is 0 Å². The zero-order valence-corrected chi connectivity index (χ0v) is 10.6. The van der Waals surface area contributed by atoms with Crippen LogP contribution in [0.5, 0.6) is 0 Å². The van der Waals surface area contributed by atoms with E-state index < -0.39 is 0 Å². The van der Waals surface area contributed by atoms with Gasteiger partial charge >= 0.3 is 0 Å². The molecular weight excluding hydrogens is 194 g/mol. The van der Waals surface area contributed by atoms with Crippen molar-refractivity contribution in [3.63, 3.8) is 0 Å². The Bertz CT molecular complexity index is 400. The molecule has 1 aromatic rings. The number of fused-ring (bicyclic) bond motifs is 1. The van der Waals surface area contributed by atoms with Crippen LogP contribution in [0.15, 0.2) is 35.4 Å². The topological polar surface area (TPSA) is 3.24 Å². The molecule has 0 saturated carbocycles. The van der Waals surface area contributed by atoms with E-state index in [1.165, 1.54) is 35.2 Å². The van der Waals surface area contributed by atoms with E-state index in [2.05, 4.69) is 49.9 Å². The molecule has 1 aliphatic rings. The van der Waals surface area contributed by atoms with Crippen LogP contribution in [0, 0.1) is 0 Å². The molecule has 0 aromatic heterocycles. The monoisotopic (exact) mass is 215 g/mol. The molecule has 16 heavy (non-hydrogen) atoms. The molecule has 1 nitrogen and oxygen atoms in total. The van der Waals surface area contributed by atoms with Gasteiger partial charge in [-0.05, 0) is 38.3 Å². The van der Waals surface area contributed by atoms with E-state index in [1.54, 1.807) is 0 Å². The fraction of sp³-hybridized carbons (Fsp3) is 0.467. The van der Waals surface area contributed by atoms with Gasteiger partial charge in [0.25, 0.3) is 0 Å². The van der Waals surface area contributed by atoms with Crippen molar-refractivity contribution in [3.05, 3.63) is 46.5 Å². The molecule has 1 aromatic carbocycles. The predicted molar refractivity (Wildman–Crippen MR) is 69.5 cm³/mol. The molecule has 0 aliphatic carbocycles. The SMILES string of the molecule is CC(C)=C(C)CN1CCc2ccccc2C1. The van der Waals surface area contributed by atoms with Crippen LogP contribution >= 0.6 is 0 Å². The van der Waals surface area contributed by atoms with Crippen molar-refractivity contribution in [3.8, 4) is 0 Å². The molecule has 1 heteroatoms. The number of nitrogens with zero attached hydrogens (tertiary/aromatic N) is 1. The van der Waals surface area contributed by atoms with Crippen LogP contribution < -0.4 is 0 Å². The molecule has 0 amide bonds. The van der Waals surface area contributed by atoms with Gasteiger partial charge in [-0.15, -0.1) is 0 Å². The quantitative estimate of drug-likeness (QED) is 0.683. The minimum Gasteiger partial charge on any atom is -0.295 e. The van der Waals surface area contributed by atoms with Crippen molar-refractivity contribution in [2.75, 3.05) is 13.1 Å². The second-order valence-electron chi connectivity index (χ2n) is 5.01. The van der Waals surface area contributed by atoms with Crippen molar-refractivity contribution >= 4 is 0 Å². The molecular formula is C15H21N. The van der Waals surface area contributed by atoms with Gasteiger partial charge in [0, 0.05) is 19.6 Å². The van der Waals surface area contributed by atoms with Crippen LogP contribution in [0.4, 0.5) is 0 Å². The third-order valence-electron chi connectivity index (χ3n) is 3.52. The Kier molecular flexibility index (Phi) is 3.45. The first-order valence-electron chi connectivity index (χ1n) is 6.09. The van der Waals surface area contributed by atoms with Crippen LogP contribution in [-0.4, -0.2) is 18.0 Å². The molecule has 0 spiro atoms. The molecule has 1 heterocycles. The average Bonchev–Trinajstić information content (AvgIpc) is 2.28. The van der Waals surface area contributed by atoms with Gasteiger partial charge in [-0.2, -0.15) is 0 Å². The zero-order chi connectivity index (χ0) is 11.5. The number of rotatable bonds is 2. The summed E-state index contributed by atoms with van der Waals surface area (Å²) in [5.41, 5.74) is 6.02. The van der Waals surface area contributed by atoms with Crippen LogP contribution in [0.3, 0.4) is 0 Å². The fourth-order valence-electron chi connectivity index (χ4n) is 2.18. The Balaban J connectivity index is 2.06. The molecule has 1 aliphatic heterocycles. The van der Waals surface area contributed by atoms with Gasteiger partial charge in [0.15, 0.2) is 0 Å². The summed E-state index contributed by atoms with van der Waals surface area (Å²) in [5, 5.41) is 0. The van der Waals surface area contributed by atoms with E-state index in [0.29, 0.717) is 0 Å². The smallest absolute Gasteiger partial charge is 0.0240 e. The summed E-state index contributed by atoms with van der Waals surface area (Å²) in [6.07, 6.45) is 1.20. The van der Waals surface area contributed by atoms with E-state index in [9.17, 15) is 0 Å². The molecule has 0 saturated heterocycles. The molecule has 0 N–H and O–H groups in total. The lowest BCUT2D eigenvalue weighted by molar-refractivity contribution is 0.275. The maximum atomic E-state index is 2.55. The summed E-state index contributed by atoms with van der Waals surface area (Å²) < 4.78 is 0. The van der Waals surface area contributed by atoms with E-state index >= 15 is 0 Å². The molecule has 0 bridgehead atoms. The second-order valence-corrected chi connectivity index (χ2v) is 5.01. The van der Waals surface area contributed by atoms with Gasteiger partial charge in [0.05, 0.1) is 0 Å². The molecule has 0 radical (unpaired) electrons. The third-order valence-corrected chi connectivity index (χ3v) is 3.52. The minimum atomic E-state index is 1.11. The van der Waals surface area contributed by atoms with Gasteiger partial charge in [-0.1, -0.05) is 35.4 Å². The highest BCUT2D eigenvalue weighted by Crippen LogP contribution is 2.19. The first-order valence-corrected chi connectivity index (χ1v) is 6.09. The highest BCUT2D eigenvalue weighted by Gasteiger charge is 2.15. The van der Waals surface area contributed by atoms with Crippen molar-refractivity contribution in [1.82, 2.24) is 4.90 Å². The minimum absolute atomic E-state index is 1.11. The zero-order valence-electron chi connectivity index (χ0n) is 10.6. The second kappa shape index (κ2) is 4.84. The van der Waals surface area contributed by atoms with E-state index in [4.69, 9.17) is 0 Å². The van der Waals surface area contributed by atoms with Gasteiger partial charge in [-0.25, -0.2) is 0 Å². The van der Waals surface area contributed by atoms with Crippen LogP contribution in [-0.2, 0) is 13.0 Å². The maximum absolute atomic E-state index is 2.55. The number of allylic oxidation sites excluding steroid dienone is 1. The molecule has 0 fully saturated rings. The Morgan fingerprint density at radius 3 is 2.50 bits per heavy atom. The van der Waals surface area contributed by atoms with Gasteiger partial charge in [-0.3, -0.25) is 4.90 Å². The normalized spacial score (nSPS) is 15.7. The molecule has 0 atom stereocenters. The summed E-state index contributed by atoms with van der Waals surface area (Å²) in [6, 6.07) is 8.83. The summed E-state index contributed by atoms with van der Waals surface area (Å²) in [6.45, 7) is 10.1. The van der Waals surface area contributed by atoms with Crippen molar-refractivity contribution in [1.29, 1.82) is 0 Å². The Morgan fingerprint density at radius 1 is 1.12 bits per heavy atom. The van der Waals surface area contributed by atoms with Crippen molar-refractivity contribution < 1.29 is 0 Å². The fourth-order valence-corrected chi connectivity index (χ4v) is 2.18. The lowest BCUT2D eigenvalue weighted by Crippen LogP contribution is -2.31. The number of benzene rings is 1. The largest absolute Gasteiger partial charge is 0.295 e. The van der Waals surface area contributed by atoms with Crippen LogP contribution in [0.2, 0.25) is 0 Å². The Morgan fingerprint density at radius 2 is 1.81 bits per heavy atom. The molecule has 86 valence electrons. The summed E-state index contributed by atoms with van der Waals surface area (Å²) in [4.78, 5) is 2.55. The number of hydrogen-bond acceptors (Lipinski definition) is 1.